The number of hydrogen-bond acceptors (Lipinski definition) is 4. The van der Waals surface area contributed by atoms with Crippen LogP contribution in [0, 0.1) is 0 Å². The minimum Gasteiger partial charge on any atom is -0.478 e. The van der Waals surface area contributed by atoms with Crippen molar-refractivity contribution < 1.29 is 14.3 Å². The van der Waals surface area contributed by atoms with Gasteiger partial charge in [0, 0.05) is 23.1 Å². The van der Waals surface area contributed by atoms with Crippen LogP contribution in [0.5, 0.6) is 11.5 Å². The van der Waals surface area contributed by atoms with Crippen LogP contribution in [0.3, 0.4) is 0 Å². The van der Waals surface area contributed by atoms with E-state index in [0.29, 0.717) is 46.9 Å². The topological polar surface area (TPSA) is 38.8 Å². The number of ether oxygens (including phenoxy) is 2. The number of carbonyl (C=O) groups excluding carboxylic acids is 1. The average Bonchev–Trinajstić information content (AvgIpc) is 2.95. The molecule has 2 aromatic carbocycles. The first kappa shape index (κ1) is 17.4. The molecule has 2 aliphatic rings. The lowest BCUT2D eigenvalue weighted by Crippen LogP contribution is -2.31. The van der Waals surface area contributed by atoms with Crippen LogP contribution >= 0.6 is 23.2 Å². The summed E-state index contributed by atoms with van der Waals surface area (Å²) in [5.41, 5.74) is 3.32. The summed E-state index contributed by atoms with van der Waals surface area (Å²) in [5.74, 6) is 1.70. The Balaban J connectivity index is 1.63. The molecule has 134 valence electrons. The number of rotatable bonds is 2. The van der Waals surface area contributed by atoms with Crippen LogP contribution in [0.1, 0.15) is 35.3 Å². The van der Waals surface area contributed by atoms with Crippen molar-refractivity contribution in [3.8, 4) is 11.5 Å². The quantitative estimate of drug-likeness (QED) is 0.660. The number of benzene rings is 2. The molecule has 6 heteroatoms. The maximum atomic E-state index is 12.5. The van der Waals surface area contributed by atoms with Crippen molar-refractivity contribution in [3.05, 3.63) is 68.4 Å². The van der Waals surface area contributed by atoms with Gasteiger partial charge in [-0.25, -0.2) is 0 Å². The first-order valence-electron chi connectivity index (χ1n) is 8.29. The second kappa shape index (κ2) is 6.62. The summed E-state index contributed by atoms with van der Waals surface area (Å²) in [6.45, 7) is 5.41. The van der Waals surface area contributed by atoms with Crippen LogP contribution in [0.25, 0.3) is 0 Å². The fourth-order valence-corrected chi connectivity index (χ4v) is 3.68. The summed E-state index contributed by atoms with van der Waals surface area (Å²) in [4.78, 5) is 14.6. The van der Waals surface area contributed by atoms with Gasteiger partial charge in [-0.05, 0) is 49.2 Å². The highest BCUT2D eigenvalue weighted by Crippen LogP contribution is 2.42. The molecule has 0 N–H and O–H groups in total. The van der Waals surface area contributed by atoms with E-state index in [1.54, 1.807) is 12.1 Å². The first-order valence-corrected chi connectivity index (χ1v) is 9.04. The fraction of sp³-hybridized carbons (Fsp3) is 0.250. The van der Waals surface area contributed by atoms with Crippen LogP contribution in [0.4, 0.5) is 0 Å². The highest BCUT2D eigenvalue weighted by molar-refractivity contribution is 6.35. The normalized spacial score (nSPS) is 16.0. The minimum absolute atomic E-state index is 0.0688. The summed E-state index contributed by atoms with van der Waals surface area (Å²) < 4.78 is 11.8. The summed E-state index contributed by atoms with van der Waals surface area (Å²) in [6.07, 6.45) is 0. The van der Waals surface area contributed by atoms with E-state index in [-0.39, 0.29) is 5.78 Å². The van der Waals surface area contributed by atoms with E-state index in [0.717, 1.165) is 22.4 Å². The predicted molar refractivity (Wildman–Crippen MR) is 101 cm³/mol. The Morgan fingerprint density at radius 1 is 1.19 bits per heavy atom. The van der Waals surface area contributed by atoms with Crippen LogP contribution < -0.4 is 9.47 Å². The van der Waals surface area contributed by atoms with Gasteiger partial charge in [0.25, 0.3) is 0 Å². The summed E-state index contributed by atoms with van der Waals surface area (Å²) >= 11 is 12.3. The average molecular weight is 390 g/mol. The standard InChI is InChI=1S/C20H17Cl2NO3/c1-11(2)19-18(24)14-5-6-17-15(20(14)26-19)9-23(10-25-17)8-12-3-4-13(21)7-16(12)22/h3-7H,8-10H2,1-2H3. The Kier molecular flexibility index (Phi) is 4.43. The van der Waals surface area contributed by atoms with Gasteiger partial charge in [-0.1, -0.05) is 29.3 Å². The molecule has 4 rings (SSSR count). The van der Waals surface area contributed by atoms with E-state index in [9.17, 15) is 4.79 Å². The first-order chi connectivity index (χ1) is 12.4. The van der Waals surface area contributed by atoms with E-state index in [2.05, 4.69) is 4.90 Å². The third-order valence-electron chi connectivity index (χ3n) is 4.52. The number of hydrogen-bond donors (Lipinski definition) is 0. The minimum atomic E-state index is -0.0688. The molecule has 26 heavy (non-hydrogen) atoms. The summed E-state index contributed by atoms with van der Waals surface area (Å²) in [7, 11) is 0. The van der Waals surface area contributed by atoms with E-state index in [4.69, 9.17) is 32.7 Å². The summed E-state index contributed by atoms with van der Waals surface area (Å²) in [6, 6.07) is 9.09. The zero-order chi connectivity index (χ0) is 18.4. The molecule has 0 atom stereocenters. The number of Topliss-reactive ketones (excluding diaryl/α,β-unsaturated/α-hetero) is 1. The highest BCUT2D eigenvalue weighted by atomic mass is 35.5. The van der Waals surface area contributed by atoms with Crippen molar-refractivity contribution in [2.75, 3.05) is 6.73 Å². The molecule has 0 spiro atoms. The molecule has 2 aromatic rings. The largest absolute Gasteiger partial charge is 0.478 e. The van der Waals surface area contributed by atoms with E-state index >= 15 is 0 Å². The second-order valence-electron chi connectivity index (χ2n) is 6.68. The molecule has 0 aliphatic carbocycles. The molecule has 4 nitrogen and oxygen atoms in total. The molecule has 0 saturated carbocycles. The van der Waals surface area contributed by atoms with Crippen molar-refractivity contribution in [1.29, 1.82) is 0 Å². The van der Waals surface area contributed by atoms with Gasteiger partial charge in [-0.3, -0.25) is 9.69 Å². The van der Waals surface area contributed by atoms with Crippen molar-refractivity contribution in [2.45, 2.75) is 26.9 Å². The number of carbonyl (C=O) groups is 1. The van der Waals surface area contributed by atoms with Crippen molar-refractivity contribution in [1.82, 2.24) is 4.90 Å². The second-order valence-corrected chi connectivity index (χ2v) is 7.52. The highest BCUT2D eigenvalue weighted by Gasteiger charge is 2.34. The number of nitrogens with zero attached hydrogens (tertiary/aromatic N) is 1. The van der Waals surface area contributed by atoms with E-state index in [1.165, 1.54) is 0 Å². The predicted octanol–water partition coefficient (Wildman–Crippen LogP) is 5.21. The number of allylic oxidation sites excluding steroid dienone is 2. The van der Waals surface area contributed by atoms with Gasteiger partial charge in [0.1, 0.15) is 18.2 Å². The van der Waals surface area contributed by atoms with Crippen LogP contribution in [0.15, 0.2) is 41.7 Å². The maximum absolute atomic E-state index is 12.5. The van der Waals surface area contributed by atoms with Crippen LogP contribution in [-0.2, 0) is 13.1 Å². The van der Waals surface area contributed by atoms with Gasteiger partial charge in [-0.15, -0.1) is 0 Å². The van der Waals surface area contributed by atoms with Crippen LogP contribution in [0.2, 0.25) is 10.0 Å². The Morgan fingerprint density at radius 3 is 2.73 bits per heavy atom. The third-order valence-corrected chi connectivity index (χ3v) is 5.11. The Morgan fingerprint density at radius 2 is 2.00 bits per heavy atom. The van der Waals surface area contributed by atoms with E-state index < -0.39 is 0 Å². The monoisotopic (exact) mass is 389 g/mol. The molecular formula is C20H17Cl2NO3. The fourth-order valence-electron chi connectivity index (χ4n) is 3.21. The van der Waals surface area contributed by atoms with Crippen molar-refractivity contribution >= 4 is 29.0 Å². The van der Waals surface area contributed by atoms with Crippen molar-refractivity contribution in [3.63, 3.8) is 0 Å². The molecule has 0 bridgehead atoms. The Bertz CT molecular complexity index is 948. The number of fused-ring (bicyclic) bond motifs is 3. The molecule has 2 aliphatic heterocycles. The lowest BCUT2D eigenvalue weighted by Gasteiger charge is -2.30. The lowest BCUT2D eigenvalue weighted by molar-refractivity contribution is 0.0872. The lowest BCUT2D eigenvalue weighted by atomic mass is 10.0. The van der Waals surface area contributed by atoms with E-state index in [1.807, 2.05) is 32.0 Å². The zero-order valence-electron chi connectivity index (χ0n) is 14.4. The smallest absolute Gasteiger partial charge is 0.231 e. The number of halogens is 2. The van der Waals surface area contributed by atoms with Gasteiger partial charge in [0.2, 0.25) is 5.78 Å². The molecular weight excluding hydrogens is 373 g/mol. The number of ketones is 1. The molecule has 0 amide bonds. The van der Waals surface area contributed by atoms with Crippen molar-refractivity contribution in [2.24, 2.45) is 0 Å². The summed E-state index contributed by atoms with van der Waals surface area (Å²) in [5, 5.41) is 1.23. The van der Waals surface area contributed by atoms with Crippen LogP contribution in [-0.4, -0.2) is 17.4 Å². The molecule has 0 saturated heterocycles. The van der Waals surface area contributed by atoms with Gasteiger partial charge in [-0.2, -0.15) is 0 Å². The molecule has 0 unspecified atom stereocenters. The molecule has 0 radical (unpaired) electrons. The molecule has 0 fully saturated rings. The maximum Gasteiger partial charge on any atom is 0.231 e. The van der Waals surface area contributed by atoms with Gasteiger partial charge in [0.15, 0.2) is 5.76 Å². The Hall–Kier alpha value is -2.01. The molecule has 2 heterocycles. The zero-order valence-corrected chi connectivity index (χ0v) is 15.9. The van der Waals surface area contributed by atoms with Gasteiger partial charge in [0.05, 0.1) is 11.1 Å². The Labute approximate surface area is 161 Å². The van der Waals surface area contributed by atoms with Gasteiger partial charge >= 0.3 is 0 Å². The molecule has 0 aromatic heterocycles. The SMILES string of the molecule is CC(C)=C1Oc2c(ccc3c2CN(Cc2ccc(Cl)cc2Cl)CO3)C1=O. The van der Waals surface area contributed by atoms with Gasteiger partial charge < -0.3 is 9.47 Å². The third kappa shape index (κ3) is 2.98.